The van der Waals surface area contributed by atoms with Crippen molar-refractivity contribution in [2.45, 2.75) is 18.9 Å². The molecular formula is C20H19N5. The van der Waals surface area contributed by atoms with Gasteiger partial charge in [-0.25, -0.2) is 4.98 Å². The van der Waals surface area contributed by atoms with Crippen molar-refractivity contribution in [3.05, 3.63) is 59.8 Å². The molecule has 2 aliphatic rings. The summed E-state index contributed by atoms with van der Waals surface area (Å²) >= 11 is 0. The molecule has 0 saturated heterocycles. The smallest absolute Gasteiger partial charge is 0.0941 e. The Balaban J connectivity index is 1.56. The third-order valence-electron chi connectivity index (χ3n) is 5.17. The SMILES string of the molecule is Cn1nc(-c2ccccc2)cc1-c1ccc2c(n1)C1NN=CC1CC2. The molecule has 2 unspecified atom stereocenters. The Hall–Kier alpha value is -2.95. The fourth-order valence-electron chi connectivity index (χ4n) is 3.81. The molecule has 1 aliphatic carbocycles. The highest BCUT2D eigenvalue weighted by atomic mass is 15.3. The van der Waals surface area contributed by atoms with Crippen LogP contribution in [-0.2, 0) is 13.5 Å². The van der Waals surface area contributed by atoms with Gasteiger partial charge in [0.15, 0.2) is 0 Å². The van der Waals surface area contributed by atoms with Gasteiger partial charge in [-0.15, -0.1) is 0 Å². The highest BCUT2D eigenvalue weighted by Crippen LogP contribution is 2.36. The fraction of sp³-hybridized carbons (Fsp3) is 0.250. The van der Waals surface area contributed by atoms with E-state index in [9.17, 15) is 0 Å². The van der Waals surface area contributed by atoms with E-state index in [1.165, 1.54) is 5.56 Å². The van der Waals surface area contributed by atoms with E-state index < -0.39 is 0 Å². The van der Waals surface area contributed by atoms with E-state index in [4.69, 9.17) is 4.98 Å². The maximum Gasteiger partial charge on any atom is 0.0941 e. The molecule has 2 atom stereocenters. The van der Waals surface area contributed by atoms with Crippen molar-refractivity contribution in [3.8, 4) is 22.6 Å². The number of aromatic nitrogens is 3. The maximum absolute atomic E-state index is 4.99. The number of hydrazone groups is 1. The molecule has 5 heteroatoms. The van der Waals surface area contributed by atoms with E-state index in [0.717, 1.165) is 41.2 Å². The topological polar surface area (TPSA) is 55.1 Å². The molecule has 0 bridgehead atoms. The Morgan fingerprint density at radius 3 is 2.84 bits per heavy atom. The van der Waals surface area contributed by atoms with Crippen molar-refractivity contribution >= 4 is 6.21 Å². The van der Waals surface area contributed by atoms with Crippen LogP contribution in [0.5, 0.6) is 0 Å². The summed E-state index contributed by atoms with van der Waals surface area (Å²) in [6.07, 6.45) is 4.23. The van der Waals surface area contributed by atoms with Crippen LogP contribution < -0.4 is 5.43 Å². The quantitative estimate of drug-likeness (QED) is 0.784. The lowest BCUT2D eigenvalue weighted by Crippen LogP contribution is -2.26. The summed E-state index contributed by atoms with van der Waals surface area (Å²) < 4.78 is 1.91. The number of rotatable bonds is 2. The van der Waals surface area contributed by atoms with Gasteiger partial charge in [0.1, 0.15) is 0 Å². The first-order valence-electron chi connectivity index (χ1n) is 8.68. The maximum atomic E-state index is 4.99. The minimum atomic E-state index is 0.213. The summed E-state index contributed by atoms with van der Waals surface area (Å²) in [6, 6.07) is 16.9. The Kier molecular flexibility index (Phi) is 3.20. The van der Waals surface area contributed by atoms with Gasteiger partial charge in [0.25, 0.3) is 0 Å². The van der Waals surface area contributed by atoms with Crippen LogP contribution >= 0.6 is 0 Å². The van der Waals surface area contributed by atoms with Gasteiger partial charge in [0, 0.05) is 24.7 Å². The second kappa shape index (κ2) is 5.55. The van der Waals surface area contributed by atoms with Gasteiger partial charge in [0.2, 0.25) is 0 Å². The summed E-state index contributed by atoms with van der Waals surface area (Å²) in [5.74, 6) is 0.460. The van der Waals surface area contributed by atoms with Crippen molar-refractivity contribution in [3.63, 3.8) is 0 Å². The first kappa shape index (κ1) is 14.4. The van der Waals surface area contributed by atoms with Crippen LogP contribution in [0.1, 0.15) is 23.7 Å². The van der Waals surface area contributed by atoms with E-state index in [-0.39, 0.29) is 6.04 Å². The number of aryl methyl sites for hydroxylation is 2. The normalized spacial score (nSPS) is 20.8. The molecule has 124 valence electrons. The summed E-state index contributed by atoms with van der Waals surface area (Å²) in [4.78, 5) is 4.99. The first-order valence-corrected chi connectivity index (χ1v) is 8.68. The van der Waals surface area contributed by atoms with Gasteiger partial charge in [-0.05, 0) is 30.5 Å². The molecule has 0 spiro atoms. The molecule has 5 nitrogen and oxygen atoms in total. The highest BCUT2D eigenvalue weighted by molar-refractivity contribution is 5.68. The number of pyridine rings is 1. The Morgan fingerprint density at radius 1 is 1.08 bits per heavy atom. The molecule has 0 amide bonds. The Bertz CT molecular complexity index is 957. The second-order valence-corrected chi connectivity index (χ2v) is 6.73. The number of benzene rings is 1. The Morgan fingerprint density at radius 2 is 1.96 bits per heavy atom. The van der Waals surface area contributed by atoms with E-state index in [1.54, 1.807) is 0 Å². The number of fused-ring (bicyclic) bond motifs is 3. The average molecular weight is 329 g/mol. The molecule has 3 aromatic rings. The zero-order valence-corrected chi connectivity index (χ0v) is 14.1. The summed E-state index contributed by atoms with van der Waals surface area (Å²) in [5, 5.41) is 8.93. The molecule has 1 N–H and O–H groups in total. The third-order valence-corrected chi connectivity index (χ3v) is 5.17. The number of hydrogen-bond acceptors (Lipinski definition) is 4. The largest absolute Gasteiger partial charge is 0.301 e. The van der Waals surface area contributed by atoms with Gasteiger partial charge in [-0.2, -0.15) is 10.2 Å². The predicted octanol–water partition coefficient (Wildman–Crippen LogP) is 3.34. The molecule has 1 aliphatic heterocycles. The minimum absolute atomic E-state index is 0.213. The first-order chi connectivity index (χ1) is 12.3. The van der Waals surface area contributed by atoms with Crippen LogP contribution in [0.3, 0.4) is 0 Å². The van der Waals surface area contributed by atoms with Crippen LogP contribution in [0.25, 0.3) is 22.6 Å². The highest BCUT2D eigenvalue weighted by Gasteiger charge is 2.33. The molecule has 5 rings (SSSR count). The number of hydrogen-bond donors (Lipinski definition) is 1. The summed E-state index contributed by atoms with van der Waals surface area (Å²) in [7, 11) is 1.97. The fourth-order valence-corrected chi connectivity index (χ4v) is 3.81. The lowest BCUT2D eigenvalue weighted by atomic mass is 9.84. The molecule has 3 heterocycles. The van der Waals surface area contributed by atoms with Crippen molar-refractivity contribution in [2.24, 2.45) is 18.1 Å². The number of nitrogens with one attached hydrogen (secondary N) is 1. The predicted molar refractivity (Wildman–Crippen MR) is 98.1 cm³/mol. The molecular weight excluding hydrogens is 310 g/mol. The van der Waals surface area contributed by atoms with E-state index in [2.05, 4.69) is 46.0 Å². The second-order valence-electron chi connectivity index (χ2n) is 6.73. The molecule has 0 radical (unpaired) electrons. The average Bonchev–Trinajstić information content (AvgIpc) is 3.28. The van der Waals surface area contributed by atoms with Crippen LogP contribution in [0, 0.1) is 5.92 Å². The van der Waals surface area contributed by atoms with Crippen molar-refractivity contribution in [1.82, 2.24) is 20.2 Å². The standard InChI is InChI=1S/C20H19N5/c1-25-18(11-17(24-25)13-5-3-2-4-6-13)16-10-9-14-7-8-15-12-21-23-20(15)19(14)22-16/h2-6,9-12,15,20,23H,7-8H2,1H3. The summed E-state index contributed by atoms with van der Waals surface area (Å²) in [5.41, 5.74) is 9.77. The van der Waals surface area contributed by atoms with Gasteiger partial charge < -0.3 is 5.43 Å². The van der Waals surface area contributed by atoms with Gasteiger partial charge >= 0.3 is 0 Å². The van der Waals surface area contributed by atoms with Crippen LogP contribution in [-0.4, -0.2) is 21.0 Å². The van der Waals surface area contributed by atoms with Crippen molar-refractivity contribution < 1.29 is 0 Å². The molecule has 25 heavy (non-hydrogen) atoms. The van der Waals surface area contributed by atoms with Crippen molar-refractivity contribution in [2.75, 3.05) is 0 Å². The Labute approximate surface area is 146 Å². The van der Waals surface area contributed by atoms with E-state index >= 15 is 0 Å². The third kappa shape index (κ3) is 2.35. The molecule has 1 aromatic carbocycles. The lowest BCUT2D eigenvalue weighted by Gasteiger charge is -2.26. The van der Waals surface area contributed by atoms with Crippen LogP contribution in [0.15, 0.2) is 53.6 Å². The van der Waals surface area contributed by atoms with Crippen LogP contribution in [0.2, 0.25) is 0 Å². The van der Waals surface area contributed by atoms with Crippen molar-refractivity contribution in [1.29, 1.82) is 0 Å². The lowest BCUT2D eigenvalue weighted by molar-refractivity contribution is 0.435. The van der Waals surface area contributed by atoms with Gasteiger partial charge in [0.05, 0.1) is 28.8 Å². The summed E-state index contributed by atoms with van der Waals surface area (Å²) in [6.45, 7) is 0. The molecule has 2 aromatic heterocycles. The molecule has 0 fully saturated rings. The number of nitrogens with zero attached hydrogens (tertiary/aromatic N) is 4. The molecule has 0 saturated carbocycles. The zero-order valence-electron chi connectivity index (χ0n) is 14.1. The van der Waals surface area contributed by atoms with Crippen LogP contribution in [0.4, 0.5) is 0 Å². The van der Waals surface area contributed by atoms with E-state index in [1.807, 2.05) is 36.1 Å². The van der Waals surface area contributed by atoms with E-state index in [0.29, 0.717) is 5.92 Å². The van der Waals surface area contributed by atoms with Gasteiger partial charge in [-0.1, -0.05) is 36.4 Å². The van der Waals surface area contributed by atoms with Gasteiger partial charge in [-0.3, -0.25) is 4.68 Å². The zero-order chi connectivity index (χ0) is 16.8. The monoisotopic (exact) mass is 329 g/mol. The minimum Gasteiger partial charge on any atom is -0.301 e.